The molecular formula is C14H20ClF3N2O2S. The van der Waals surface area contributed by atoms with Crippen LogP contribution in [0, 0.1) is 0 Å². The van der Waals surface area contributed by atoms with Gasteiger partial charge in [-0.05, 0) is 17.7 Å². The Balaban J connectivity index is 0.00000264. The number of rotatable bonds is 4. The van der Waals surface area contributed by atoms with Crippen molar-refractivity contribution in [2.75, 3.05) is 32.4 Å². The molecule has 1 heterocycles. The van der Waals surface area contributed by atoms with Crippen molar-refractivity contribution in [2.45, 2.75) is 23.5 Å². The van der Waals surface area contributed by atoms with E-state index in [4.69, 9.17) is 0 Å². The van der Waals surface area contributed by atoms with E-state index in [1.807, 2.05) is 0 Å². The van der Waals surface area contributed by atoms with Crippen LogP contribution in [-0.2, 0) is 9.84 Å². The van der Waals surface area contributed by atoms with E-state index >= 15 is 0 Å². The third-order valence-electron chi connectivity index (χ3n) is 3.71. The fraction of sp³-hybridized carbons (Fsp3) is 0.571. The highest BCUT2D eigenvalue weighted by atomic mass is 35.5. The number of sulfone groups is 1. The van der Waals surface area contributed by atoms with Crippen molar-refractivity contribution in [3.63, 3.8) is 0 Å². The summed E-state index contributed by atoms with van der Waals surface area (Å²) in [4.78, 5) is 1.90. The van der Waals surface area contributed by atoms with E-state index in [1.165, 1.54) is 24.3 Å². The second kappa shape index (κ2) is 7.83. The van der Waals surface area contributed by atoms with Gasteiger partial charge in [0.1, 0.15) is 0 Å². The van der Waals surface area contributed by atoms with Gasteiger partial charge in [-0.1, -0.05) is 12.1 Å². The first-order valence-corrected chi connectivity index (χ1v) is 8.87. The second-order valence-electron chi connectivity index (χ2n) is 5.46. The Hall–Kier alpha value is -0.830. The van der Waals surface area contributed by atoms with Crippen molar-refractivity contribution in [3.8, 4) is 0 Å². The predicted molar refractivity (Wildman–Crippen MR) is 84.7 cm³/mol. The summed E-state index contributed by atoms with van der Waals surface area (Å²) in [6.45, 7) is 2.37. The van der Waals surface area contributed by atoms with Crippen LogP contribution < -0.4 is 5.32 Å². The van der Waals surface area contributed by atoms with Crippen LogP contribution in [0.2, 0.25) is 0 Å². The zero-order valence-corrected chi connectivity index (χ0v) is 14.3. The van der Waals surface area contributed by atoms with Crippen LogP contribution in [0.4, 0.5) is 13.2 Å². The van der Waals surface area contributed by atoms with Gasteiger partial charge in [-0.2, -0.15) is 13.2 Å². The average molecular weight is 373 g/mol. The highest BCUT2D eigenvalue weighted by molar-refractivity contribution is 7.90. The zero-order chi connectivity index (χ0) is 16.4. The normalized spacial score (nSPS) is 18.3. The molecule has 1 N–H and O–H groups in total. The van der Waals surface area contributed by atoms with Crippen LogP contribution in [0.1, 0.15) is 18.0 Å². The van der Waals surface area contributed by atoms with E-state index in [1.54, 1.807) is 4.90 Å². The Bertz CT molecular complexity index is 599. The molecular weight excluding hydrogens is 353 g/mol. The Morgan fingerprint density at radius 3 is 2.13 bits per heavy atom. The highest BCUT2D eigenvalue weighted by Crippen LogP contribution is 2.34. The van der Waals surface area contributed by atoms with Crippen molar-refractivity contribution in [1.29, 1.82) is 0 Å². The predicted octanol–water partition coefficient (Wildman–Crippen LogP) is 2.41. The minimum absolute atomic E-state index is 0. The van der Waals surface area contributed by atoms with Crippen molar-refractivity contribution < 1.29 is 21.6 Å². The van der Waals surface area contributed by atoms with Gasteiger partial charge in [0.05, 0.1) is 11.3 Å². The van der Waals surface area contributed by atoms with Crippen molar-refractivity contribution in [2.24, 2.45) is 0 Å². The van der Waals surface area contributed by atoms with Gasteiger partial charge >= 0.3 is 6.18 Å². The van der Waals surface area contributed by atoms with Crippen molar-refractivity contribution in [1.82, 2.24) is 10.2 Å². The molecule has 0 unspecified atom stereocenters. The van der Waals surface area contributed by atoms with Gasteiger partial charge in [0.2, 0.25) is 0 Å². The quantitative estimate of drug-likeness (QED) is 0.881. The Morgan fingerprint density at radius 2 is 1.70 bits per heavy atom. The van der Waals surface area contributed by atoms with Gasteiger partial charge in [0.15, 0.2) is 9.84 Å². The van der Waals surface area contributed by atoms with Gasteiger partial charge in [0, 0.05) is 38.5 Å². The molecule has 1 aliphatic rings. The van der Waals surface area contributed by atoms with Gasteiger partial charge in [-0.25, -0.2) is 8.42 Å². The first-order chi connectivity index (χ1) is 10.2. The van der Waals surface area contributed by atoms with Gasteiger partial charge < -0.3 is 5.32 Å². The molecule has 0 aliphatic carbocycles. The molecule has 1 aliphatic heterocycles. The van der Waals surface area contributed by atoms with Gasteiger partial charge in [0.25, 0.3) is 0 Å². The van der Waals surface area contributed by atoms with Crippen LogP contribution in [0.25, 0.3) is 0 Å². The van der Waals surface area contributed by atoms with E-state index in [9.17, 15) is 21.6 Å². The zero-order valence-electron chi connectivity index (χ0n) is 12.6. The fourth-order valence-corrected chi connectivity index (χ4v) is 3.24. The molecule has 23 heavy (non-hydrogen) atoms. The lowest BCUT2D eigenvalue weighted by molar-refractivity contribution is -0.148. The molecule has 0 amide bonds. The monoisotopic (exact) mass is 372 g/mol. The van der Waals surface area contributed by atoms with Gasteiger partial charge in [-0.3, -0.25) is 4.90 Å². The fourth-order valence-electron chi connectivity index (χ4n) is 2.61. The highest BCUT2D eigenvalue weighted by Gasteiger charge is 2.35. The second-order valence-corrected chi connectivity index (χ2v) is 7.48. The first-order valence-electron chi connectivity index (χ1n) is 6.98. The topological polar surface area (TPSA) is 49.4 Å². The van der Waals surface area contributed by atoms with Crippen LogP contribution >= 0.6 is 12.4 Å². The van der Waals surface area contributed by atoms with E-state index in [2.05, 4.69) is 5.32 Å². The van der Waals surface area contributed by atoms with E-state index in [0.717, 1.165) is 6.26 Å². The molecule has 4 nitrogen and oxygen atoms in total. The molecule has 9 heteroatoms. The minimum atomic E-state index is -4.27. The van der Waals surface area contributed by atoms with Crippen LogP contribution in [0.5, 0.6) is 0 Å². The lowest BCUT2D eigenvalue weighted by Gasteiger charge is -2.35. The van der Waals surface area contributed by atoms with Crippen LogP contribution in [0.15, 0.2) is 29.2 Å². The standard InChI is InChI=1S/C14H19F3N2O2S.ClH/c1-22(20,21)12-4-2-11(3-5-12)13(10-14(15,16)17)19-8-6-18-7-9-19;/h2-5,13,18H,6-10H2,1H3;1H/t13-;/m0./s1. The summed E-state index contributed by atoms with van der Waals surface area (Å²) >= 11 is 0. The smallest absolute Gasteiger partial charge is 0.314 e. The van der Waals surface area contributed by atoms with Crippen LogP contribution in [0.3, 0.4) is 0 Å². The van der Waals surface area contributed by atoms with Crippen molar-refractivity contribution in [3.05, 3.63) is 29.8 Å². The van der Waals surface area contributed by atoms with Crippen molar-refractivity contribution >= 4 is 22.2 Å². The molecule has 1 saturated heterocycles. The molecule has 1 aromatic carbocycles. The molecule has 0 aromatic heterocycles. The Labute approximate surface area is 140 Å². The lowest BCUT2D eigenvalue weighted by atomic mass is 10.0. The minimum Gasteiger partial charge on any atom is -0.314 e. The maximum absolute atomic E-state index is 12.9. The molecule has 132 valence electrons. The Morgan fingerprint density at radius 1 is 1.17 bits per heavy atom. The average Bonchev–Trinajstić information content (AvgIpc) is 2.44. The number of hydrogen-bond acceptors (Lipinski definition) is 4. The molecule has 0 spiro atoms. The summed E-state index contributed by atoms with van der Waals surface area (Å²) in [5.74, 6) is 0. The van der Waals surface area contributed by atoms with Crippen LogP contribution in [-0.4, -0.2) is 51.9 Å². The number of nitrogens with zero attached hydrogens (tertiary/aromatic N) is 1. The maximum atomic E-state index is 12.9. The third kappa shape index (κ3) is 5.95. The summed E-state index contributed by atoms with van der Waals surface area (Å²) in [5, 5.41) is 3.11. The summed E-state index contributed by atoms with van der Waals surface area (Å²) in [6.07, 6.45) is -4.14. The molecule has 0 radical (unpaired) electrons. The summed E-state index contributed by atoms with van der Waals surface area (Å²) in [5.41, 5.74) is 0.492. The molecule has 2 rings (SSSR count). The molecule has 0 saturated carbocycles. The SMILES string of the molecule is CS(=O)(=O)c1ccc([C@H](CC(F)(F)F)N2CCNCC2)cc1.Cl. The summed E-state index contributed by atoms with van der Waals surface area (Å²) < 4.78 is 61.5. The van der Waals surface area contributed by atoms with Gasteiger partial charge in [-0.15, -0.1) is 12.4 Å². The largest absolute Gasteiger partial charge is 0.390 e. The third-order valence-corrected chi connectivity index (χ3v) is 4.84. The summed E-state index contributed by atoms with van der Waals surface area (Å²) in [7, 11) is -3.35. The number of nitrogens with one attached hydrogen (secondary N) is 1. The number of piperazine rings is 1. The molecule has 1 fully saturated rings. The Kier molecular flexibility index (Phi) is 6.88. The lowest BCUT2D eigenvalue weighted by Crippen LogP contribution is -2.46. The molecule has 1 atom stereocenters. The number of halogens is 4. The van der Waals surface area contributed by atoms with E-state index < -0.39 is 28.5 Å². The number of hydrogen-bond donors (Lipinski definition) is 1. The van der Waals surface area contributed by atoms with E-state index in [0.29, 0.717) is 31.7 Å². The molecule has 0 bridgehead atoms. The first kappa shape index (κ1) is 20.2. The molecule has 1 aromatic rings. The van der Waals surface area contributed by atoms with E-state index in [-0.39, 0.29) is 17.3 Å². The maximum Gasteiger partial charge on any atom is 0.390 e. The number of alkyl halides is 3. The summed E-state index contributed by atoms with van der Waals surface area (Å²) in [6, 6.07) is 4.92. The number of benzene rings is 1.